The Hall–Kier alpha value is -1.68. The summed E-state index contributed by atoms with van der Waals surface area (Å²) < 4.78 is 0. The average molecular weight is 276 g/mol. The van der Waals surface area contributed by atoms with Crippen molar-refractivity contribution < 1.29 is 9.63 Å². The summed E-state index contributed by atoms with van der Waals surface area (Å²) in [4.78, 5) is 19.3. The fourth-order valence-corrected chi connectivity index (χ4v) is 2.10. The molecular formula is C16H24N2O2. The Morgan fingerprint density at radius 2 is 1.75 bits per heavy atom. The second-order valence-electron chi connectivity index (χ2n) is 5.15. The second kappa shape index (κ2) is 7.20. The van der Waals surface area contributed by atoms with E-state index in [1.807, 2.05) is 69.9 Å². The summed E-state index contributed by atoms with van der Waals surface area (Å²) in [6, 6.07) is 9.66. The monoisotopic (exact) mass is 276 g/mol. The normalized spacial score (nSPS) is 12.6. The van der Waals surface area contributed by atoms with Crippen LogP contribution in [0.5, 0.6) is 0 Å². The molecule has 0 N–H and O–H groups in total. The van der Waals surface area contributed by atoms with Gasteiger partial charge in [0, 0.05) is 0 Å². The van der Waals surface area contributed by atoms with Crippen molar-refractivity contribution >= 4 is 11.7 Å². The van der Waals surface area contributed by atoms with Crippen molar-refractivity contribution in [2.45, 2.75) is 40.2 Å². The maximum Gasteiger partial charge on any atom is 0.354 e. The largest absolute Gasteiger partial charge is 0.354 e. The Morgan fingerprint density at radius 3 is 2.25 bits per heavy atom. The summed E-state index contributed by atoms with van der Waals surface area (Å²) in [5.41, 5.74) is 0.958. The number of carbonyl (C=O) groups excluding carboxylic acids is 1. The van der Waals surface area contributed by atoms with Crippen LogP contribution in [0.2, 0.25) is 0 Å². The van der Waals surface area contributed by atoms with Crippen molar-refractivity contribution in [3.63, 3.8) is 0 Å². The van der Waals surface area contributed by atoms with E-state index in [0.717, 1.165) is 18.7 Å². The Balaban J connectivity index is 2.76. The first-order valence-corrected chi connectivity index (χ1v) is 7.00. The zero-order chi connectivity index (χ0) is 15.2. The van der Waals surface area contributed by atoms with Gasteiger partial charge in [0.2, 0.25) is 0 Å². The molecule has 0 saturated carbocycles. The lowest BCUT2D eigenvalue weighted by Gasteiger charge is -2.33. The number of likely N-dealkylation sites (N-methyl/N-ethyl adjacent to an activating group) is 1. The molecule has 0 bridgehead atoms. The van der Waals surface area contributed by atoms with Crippen LogP contribution in [0, 0.1) is 0 Å². The Labute approximate surface area is 121 Å². The minimum atomic E-state index is -0.677. The number of hydrogen-bond donors (Lipinski definition) is 0. The molecule has 0 atom stereocenters. The first-order chi connectivity index (χ1) is 9.43. The van der Waals surface area contributed by atoms with Crippen molar-refractivity contribution in [3.05, 3.63) is 35.9 Å². The van der Waals surface area contributed by atoms with Gasteiger partial charge in [-0.2, -0.15) is 0 Å². The zero-order valence-electron chi connectivity index (χ0n) is 13.0. The quantitative estimate of drug-likeness (QED) is 0.455. The van der Waals surface area contributed by atoms with Crippen molar-refractivity contribution in [1.29, 1.82) is 0 Å². The third kappa shape index (κ3) is 3.90. The van der Waals surface area contributed by atoms with Crippen LogP contribution in [0.3, 0.4) is 0 Å². The van der Waals surface area contributed by atoms with Crippen LogP contribution >= 0.6 is 0 Å². The highest BCUT2D eigenvalue weighted by atomic mass is 16.7. The van der Waals surface area contributed by atoms with E-state index in [1.165, 1.54) is 0 Å². The van der Waals surface area contributed by atoms with Crippen LogP contribution < -0.4 is 0 Å². The van der Waals surface area contributed by atoms with E-state index < -0.39 is 5.54 Å². The van der Waals surface area contributed by atoms with Crippen LogP contribution in [0.25, 0.3) is 0 Å². The van der Waals surface area contributed by atoms with Gasteiger partial charge in [0.05, 0.1) is 5.71 Å². The molecule has 20 heavy (non-hydrogen) atoms. The number of hydrogen-bond acceptors (Lipinski definition) is 4. The summed E-state index contributed by atoms with van der Waals surface area (Å²) in [5, 5.41) is 3.95. The highest BCUT2D eigenvalue weighted by molar-refractivity contribution is 5.98. The molecule has 0 fully saturated rings. The molecule has 0 radical (unpaired) electrons. The Morgan fingerprint density at radius 1 is 1.20 bits per heavy atom. The lowest BCUT2D eigenvalue weighted by atomic mass is 10.0. The van der Waals surface area contributed by atoms with Crippen molar-refractivity contribution in [1.82, 2.24) is 4.90 Å². The highest BCUT2D eigenvalue weighted by Crippen LogP contribution is 2.16. The molecule has 0 aliphatic carbocycles. The molecule has 1 rings (SSSR count). The van der Waals surface area contributed by atoms with Crippen LogP contribution in [0.1, 0.15) is 40.2 Å². The average Bonchev–Trinajstić information content (AvgIpc) is 2.46. The fourth-order valence-electron chi connectivity index (χ4n) is 2.10. The SMILES string of the molecule is CCN(CC)C(C)(C)C(=O)ON=C(C)c1ccccc1. The van der Waals surface area contributed by atoms with Gasteiger partial charge in [-0.25, -0.2) is 4.79 Å². The number of nitrogens with zero attached hydrogens (tertiary/aromatic N) is 2. The zero-order valence-corrected chi connectivity index (χ0v) is 13.0. The molecule has 0 amide bonds. The Kier molecular flexibility index (Phi) is 5.89. The van der Waals surface area contributed by atoms with Gasteiger partial charge in [-0.1, -0.05) is 49.3 Å². The molecule has 0 aliphatic rings. The predicted octanol–water partition coefficient (Wildman–Crippen LogP) is 3.07. The van der Waals surface area contributed by atoms with E-state index in [1.54, 1.807) is 0 Å². The van der Waals surface area contributed by atoms with E-state index in [2.05, 4.69) is 5.16 Å². The molecule has 0 unspecified atom stereocenters. The summed E-state index contributed by atoms with van der Waals surface area (Å²) >= 11 is 0. The molecule has 110 valence electrons. The standard InChI is InChI=1S/C16H24N2O2/c1-6-18(7-2)16(4,5)15(19)20-17-13(3)14-11-9-8-10-12-14/h8-12H,6-7H2,1-5H3. The van der Waals surface area contributed by atoms with Crippen molar-refractivity contribution in [2.75, 3.05) is 13.1 Å². The molecule has 4 nitrogen and oxygen atoms in total. The summed E-state index contributed by atoms with van der Waals surface area (Å²) in [7, 11) is 0. The number of carbonyl (C=O) groups is 1. The first-order valence-electron chi connectivity index (χ1n) is 7.00. The van der Waals surface area contributed by atoms with E-state index in [9.17, 15) is 4.79 Å². The van der Waals surface area contributed by atoms with E-state index in [0.29, 0.717) is 5.71 Å². The van der Waals surface area contributed by atoms with Gasteiger partial charge in [-0.15, -0.1) is 0 Å². The molecule has 0 aliphatic heterocycles. The van der Waals surface area contributed by atoms with E-state index in [-0.39, 0.29) is 5.97 Å². The molecule has 0 saturated heterocycles. The number of rotatable bonds is 6. The Bertz CT molecular complexity index is 463. The third-order valence-electron chi connectivity index (χ3n) is 3.51. The van der Waals surface area contributed by atoms with Gasteiger partial charge in [0.1, 0.15) is 5.54 Å². The van der Waals surface area contributed by atoms with E-state index in [4.69, 9.17) is 4.84 Å². The van der Waals surface area contributed by atoms with Gasteiger partial charge in [0.25, 0.3) is 0 Å². The van der Waals surface area contributed by atoms with Gasteiger partial charge in [0.15, 0.2) is 0 Å². The maximum absolute atomic E-state index is 12.2. The number of benzene rings is 1. The van der Waals surface area contributed by atoms with Crippen LogP contribution in [-0.4, -0.2) is 35.2 Å². The van der Waals surface area contributed by atoms with Gasteiger partial charge < -0.3 is 4.84 Å². The number of oxime groups is 1. The van der Waals surface area contributed by atoms with Crippen LogP contribution in [0.4, 0.5) is 0 Å². The predicted molar refractivity (Wildman–Crippen MR) is 81.7 cm³/mol. The fraction of sp³-hybridized carbons (Fsp3) is 0.500. The smallest absolute Gasteiger partial charge is 0.316 e. The maximum atomic E-state index is 12.2. The summed E-state index contributed by atoms with van der Waals surface area (Å²) in [5.74, 6) is -0.337. The lowest BCUT2D eigenvalue weighted by molar-refractivity contribution is -0.156. The lowest BCUT2D eigenvalue weighted by Crippen LogP contribution is -2.50. The van der Waals surface area contributed by atoms with Gasteiger partial charge >= 0.3 is 5.97 Å². The van der Waals surface area contributed by atoms with Crippen LogP contribution in [-0.2, 0) is 9.63 Å². The topological polar surface area (TPSA) is 41.9 Å². The second-order valence-corrected chi connectivity index (χ2v) is 5.15. The molecule has 1 aromatic carbocycles. The molecule has 4 heteroatoms. The van der Waals surface area contributed by atoms with Crippen molar-refractivity contribution in [2.24, 2.45) is 5.16 Å². The summed E-state index contributed by atoms with van der Waals surface area (Å²) in [6.07, 6.45) is 0. The van der Waals surface area contributed by atoms with Gasteiger partial charge in [-0.3, -0.25) is 4.90 Å². The molecule has 0 spiro atoms. The van der Waals surface area contributed by atoms with Gasteiger partial charge in [-0.05, 0) is 39.4 Å². The highest BCUT2D eigenvalue weighted by Gasteiger charge is 2.35. The third-order valence-corrected chi connectivity index (χ3v) is 3.51. The first kappa shape index (κ1) is 16.4. The molecule has 0 heterocycles. The molecular weight excluding hydrogens is 252 g/mol. The van der Waals surface area contributed by atoms with Crippen molar-refractivity contribution in [3.8, 4) is 0 Å². The molecule has 0 aromatic heterocycles. The summed E-state index contributed by atoms with van der Waals surface area (Å²) in [6.45, 7) is 11.2. The van der Waals surface area contributed by atoms with E-state index >= 15 is 0 Å². The minimum Gasteiger partial charge on any atom is -0.316 e. The minimum absolute atomic E-state index is 0.337. The molecule has 1 aromatic rings. The van der Waals surface area contributed by atoms with Crippen LogP contribution in [0.15, 0.2) is 35.5 Å².